The third-order valence-electron chi connectivity index (χ3n) is 6.72. The Morgan fingerprint density at radius 1 is 1.03 bits per heavy atom. The highest BCUT2D eigenvalue weighted by Crippen LogP contribution is 2.64. The van der Waals surface area contributed by atoms with Gasteiger partial charge in [0.2, 0.25) is 0 Å². The predicted octanol–water partition coefficient (Wildman–Crippen LogP) is 4.90. The number of esters is 2. The second-order valence-electron chi connectivity index (χ2n) is 8.88. The van der Waals surface area contributed by atoms with Gasteiger partial charge in [-0.05, 0) is 43.1 Å². The Labute approximate surface area is 194 Å². The molecule has 2 atom stereocenters. The minimum atomic E-state index is -0.462. The summed E-state index contributed by atoms with van der Waals surface area (Å²) in [5.41, 5.74) is 3.51. The van der Waals surface area contributed by atoms with Crippen molar-refractivity contribution in [3.8, 4) is 11.5 Å². The molecule has 2 bridgehead atoms. The summed E-state index contributed by atoms with van der Waals surface area (Å²) in [7, 11) is 0. The maximum absolute atomic E-state index is 11.4. The molecule has 4 rings (SSSR count). The van der Waals surface area contributed by atoms with Crippen molar-refractivity contribution < 1.29 is 28.5 Å². The number of fused-ring (bicyclic) bond motifs is 6. The van der Waals surface area contributed by atoms with Crippen LogP contribution >= 0.6 is 0 Å². The summed E-state index contributed by atoms with van der Waals surface area (Å²) in [4.78, 5) is 22.8. The smallest absolute Gasteiger partial charge is 0.330 e. The van der Waals surface area contributed by atoms with Gasteiger partial charge in [0.25, 0.3) is 0 Å². The first-order valence-corrected chi connectivity index (χ1v) is 11.3. The van der Waals surface area contributed by atoms with E-state index in [1.807, 2.05) is 12.1 Å². The zero-order valence-electron chi connectivity index (χ0n) is 19.3. The zero-order chi connectivity index (χ0) is 23.6. The fourth-order valence-corrected chi connectivity index (χ4v) is 5.36. The summed E-state index contributed by atoms with van der Waals surface area (Å²) in [6.07, 6.45) is 5.56. The van der Waals surface area contributed by atoms with Crippen LogP contribution in [0, 0.1) is 6.92 Å². The summed E-state index contributed by atoms with van der Waals surface area (Å²) in [6, 6.07) is 6.12. The lowest BCUT2D eigenvalue weighted by molar-refractivity contribution is -0.139. The second kappa shape index (κ2) is 9.30. The molecule has 0 spiro atoms. The minimum Gasteiger partial charge on any atom is -0.489 e. The Morgan fingerprint density at radius 3 is 2.30 bits per heavy atom. The van der Waals surface area contributed by atoms with Crippen molar-refractivity contribution in [2.75, 3.05) is 26.4 Å². The molecule has 0 aromatic heterocycles. The van der Waals surface area contributed by atoms with Crippen molar-refractivity contribution >= 4 is 22.7 Å². The van der Waals surface area contributed by atoms with E-state index in [2.05, 4.69) is 33.1 Å². The molecule has 174 valence electrons. The van der Waals surface area contributed by atoms with E-state index in [4.69, 9.17) is 18.9 Å². The molecule has 1 saturated carbocycles. The average Bonchev–Trinajstić information content (AvgIpc) is 3.34. The molecule has 0 saturated heterocycles. The zero-order valence-corrected chi connectivity index (χ0v) is 19.3. The van der Waals surface area contributed by atoms with Crippen LogP contribution in [-0.4, -0.2) is 38.4 Å². The van der Waals surface area contributed by atoms with E-state index >= 15 is 0 Å². The Balaban J connectivity index is 1.74. The maximum atomic E-state index is 11.4. The third-order valence-corrected chi connectivity index (χ3v) is 6.72. The first-order chi connectivity index (χ1) is 15.9. The normalized spacial score (nSPS) is 20.2. The number of aryl methyl sites for hydroxylation is 1. The highest BCUT2D eigenvalue weighted by molar-refractivity contribution is 5.99. The fraction of sp³-hybridized carbons (Fsp3) is 0.407. The average molecular weight is 451 g/mol. The van der Waals surface area contributed by atoms with E-state index in [0.29, 0.717) is 5.92 Å². The first kappa shape index (κ1) is 22.9. The number of hydrogen-bond acceptors (Lipinski definition) is 6. The van der Waals surface area contributed by atoms with E-state index in [1.165, 1.54) is 11.1 Å². The molecule has 2 unspecified atom stereocenters. The number of benzene rings is 2. The number of carbonyl (C=O) groups excluding carboxylic acids is 2. The van der Waals surface area contributed by atoms with Crippen molar-refractivity contribution in [1.29, 1.82) is 0 Å². The van der Waals surface area contributed by atoms with Crippen molar-refractivity contribution in [3.05, 3.63) is 60.2 Å². The van der Waals surface area contributed by atoms with E-state index in [9.17, 15) is 9.59 Å². The summed E-state index contributed by atoms with van der Waals surface area (Å²) in [5, 5.41) is 2.00. The molecule has 2 aliphatic rings. The van der Waals surface area contributed by atoms with E-state index in [0.717, 1.165) is 59.2 Å². The van der Waals surface area contributed by atoms with Crippen LogP contribution in [0.2, 0.25) is 0 Å². The van der Waals surface area contributed by atoms with Crippen LogP contribution < -0.4 is 9.47 Å². The summed E-state index contributed by atoms with van der Waals surface area (Å²) < 4.78 is 22.9. The van der Waals surface area contributed by atoms with Crippen molar-refractivity contribution in [1.82, 2.24) is 0 Å². The molecule has 0 N–H and O–H groups in total. The van der Waals surface area contributed by atoms with E-state index in [1.54, 1.807) is 0 Å². The molecule has 1 fully saturated rings. The second-order valence-corrected chi connectivity index (χ2v) is 8.88. The standard InChI is InChI=1S/C27H30O6/c1-5-20(28)30-12-14-32-25-19-9-7-8-17(3)22(19)26(33-15-13-31-21(29)6-2)23-18-10-11-27(4,16-18)24(23)25/h5-9,18H,1-2,10-16H2,3-4H3. The lowest BCUT2D eigenvalue weighted by atomic mass is 9.78. The monoisotopic (exact) mass is 450 g/mol. The molecule has 6 heteroatoms. The number of rotatable bonds is 10. The van der Waals surface area contributed by atoms with Crippen molar-refractivity contribution in [3.63, 3.8) is 0 Å². The highest BCUT2D eigenvalue weighted by Gasteiger charge is 2.50. The molecular weight excluding hydrogens is 420 g/mol. The fourth-order valence-electron chi connectivity index (χ4n) is 5.36. The summed E-state index contributed by atoms with van der Waals surface area (Å²) >= 11 is 0. The quantitative estimate of drug-likeness (QED) is 0.291. The van der Waals surface area contributed by atoms with Gasteiger partial charge in [0.05, 0.1) is 0 Å². The maximum Gasteiger partial charge on any atom is 0.330 e. The Morgan fingerprint density at radius 2 is 1.67 bits per heavy atom. The van der Waals surface area contributed by atoms with Crippen LogP contribution in [-0.2, 0) is 24.5 Å². The largest absolute Gasteiger partial charge is 0.489 e. The van der Waals surface area contributed by atoms with Gasteiger partial charge in [-0.3, -0.25) is 0 Å². The van der Waals surface area contributed by atoms with E-state index < -0.39 is 11.9 Å². The van der Waals surface area contributed by atoms with Crippen molar-refractivity contribution in [2.24, 2.45) is 0 Å². The molecule has 2 aromatic carbocycles. The number of ether oxygens (including phenoxy) is 4. The van der Waals surface area contributed by atoms with Gasteiger partial charge in [-0.2, -0.15) is 0 Å². The molecule has 0 amide bonds. The molecule has 6 nitrogen and oxygen atoms in total. The van der Waals surface area contributed by atoms with Crippen LogP contribution in [0.25, 0.3) is 10.8 Å². The Kier molecular flexibility index (Phi) is 6.45. The van der Waals surface area contributed by atoms with Gasteiger partial charge in [-0.25, -0.2) is 9.59 Å². The van der Waals surface area contributed by atoms with Gasteiger partial charge in [0.15, 0.2) is 0 Å². The Hall–Kier alpha value is -3.28. The summed E-state index contributed by atoms with van der Waals surface area (Å²) in [5.74, 6) is 1.20. The van der Waals surface area contributed by atoms with Crippen LogP contribution in [0.3, 0.4) is 0 Å². The molecule has 33 heavy (non-hydrogen) atoms. The molecule has 0 heterocycles. The van der Waals surface area contributed by atoms with Gasteiger partial charge >= 0.3 is 11.9 Å². The number of carbonyl (C=O) groups is 2. The van der Waals surface area contributed by atoms with Crippen molar-refractivity contribution in [2.45, 2.75) is 44.4 Å². The van der Waals surface area contributed by atoms with Gasteiger partial charge in [-0.15, -0.1) is 0 Å². The van der Waals surface area contributed by atoms with Gasteiger partial charge in [0, 0.05) is 34.1 Å². The van der Waals surface area contributed by atoms with Gasteiger partial charge in [-0.1, -0.05) is 38.3 Å². The molecule has 0 aliphatic heterocycles. The van der Waals surface area contributed by atoms with Crippen LogP contribution in [0.15, 0.2) is 43.5 Å². The molecular formula is C27H30O6. The topological polar surface area (TPSA) is 71.1 Å². The number of hydrogen-bond donors (Lipinski definition) is 0. The Bertz CT molecular complexity index is 1120. The SMILES string of the molecule is C=CC(=O)OCCOc1c2c(c(OCCOC(=O)C=C)c3c(C)cccc13)C1CCC2(C)C1. The van der Waals surface area contributed by atoms with E-state index in [-0.39, 0.29) is 31.8 Å². The third kappa shape index (κ3) is 4.22. The first-order valence-electron chi connectivity index (χ1n) is 11.3. The molecule has 2 aromatic rings. The predicted molar refractivity (Wildman–Crippen MR) is 126 cm³/mol. The summed E-state index contributed by atoms with van der Waals surface area (Å²) in [6.45, 7) is 12.0. The lowest BCUT2D eigenvalue weighted by Crippen LogP contribution is -2.20. The van der Waals surface area contributed by atoms with Gasteiger partial charge in [0.1, 0.15) is 37.9 Å². The minimum absolute atomic E-state index is 0.0124. The molecule has 0 radical (unpaired) electrons. The molecule has 2 aliphatic carbocycles. The highest BCUT2D eigenvalue weighted by atomic mass is 16.6. The van der Waals surface area contributed by atoms with Crippen LogP contribution in [0.4, 0.5) is 0 Å². The van der Waals surface area contributed by atoms with Crippen LogP contribution in [0.5, 0.6) is 11.5 Å². The van der Waals surface area contributed by atoms with Crippen LogP contribution in [0.1, 0.15) is 48.8 Å². The van der Waals surface area contributed by atoms with Gasteiger partial charge < -0.3 is 18.9 Å². The lowest BCUT2D eigenvalue weighted by Gasteiger charge is -2.30.